The van der Waals surface area contributed by atoms with E-state index in [4.69, 9.17) is 16.7 Å². The molecule has 2 aromatic rings. The SMILES string of the molecule is Cc1ccc(Cn2nccc2C(=O)O)c(Cl)c1. The van der Waals surface area contributed by atoms with Gasteiger partial charge in [-0.3, -0.25) is 4.68 Å². The van der Waals surface area contributed by atoms with Crippen LogP contribution in [-0.4, -0.2) is 20.9 Å². The highest BCUT2D eigenvalue weighted by atomic mass is 35.5. The van der Waals surface area contributed by atoms with Gasteiger partial charge in [0, 0.05) is 11.2 Å². The van der Waals surface area contributed by atoms with Crippen LogP contribution in [0.3, 0.4) is 0 Å². The highest BCUT2D eigenvalue weighted by molar-refractivity contribution is 6.31. The summed E-state index contributed by atoms with van der Waals surface area (Å²) in [5, 5.41) is 13.5. The summed E-state index contributed by atoms with van der Waals surface area (Å²) in [5.74, 6) is -0.995. The van der Waals surface area contributed by atoms with E-state index < -0.39 is 5.97 Å². The standard InChI is InChI=1S/C12H11ClN2O2/c1-8-2-3-9(10(13)6-8)7-15-11(12(16)17)4-5-14-15/h2-6H,7H2,1H3,(H,16,17). The van der Waals surface area contributed by atoms with E-state index in [-0.39, 0.29) is 5.69 Å². The molecular formula is C12H11ClN2O2. The van der Waals surface area contributed by atoms with E-state index in [1.165, 1.54) is 16.9 Å². The van der Waals surface area contributed by atoms with Crippen molar-refractivity contribution >= 4 is 17.6 Å². The summed E-state index contributed by atoms with van der Waals surface area (Å²) in [5.41, 5.74) is 2.07. The maximum absolute atomic E-state index is 10.9. The molecule has 0 aliphatic carbocycles. The molecule has 0 spiro atoms. The van der Waals surface area contributed by atoms with Crippen molar-refractivity contribution in [2.45, 2.75) is 13.5 Å². The van der Waals surface area contributed by atoms with Crippen LogP contribution in [0.2, 0.25) is 5.02 Å². The van der Waals surface area contributed by atoms with Gasteiger partial charge in [-0.05, 0) is 30.2 Å². The maximum atomic E-state index is 10.9. The molecule has 1 aromatic carbocycles. The maximum Gasteiger partial charge on any atom is 0.354 e. The number of halogens is 1. The molecule has 2 rings (SSSR count). The van der Waals surface area contributed by atoms with Crippen LogP contribution in [-0.2, 0) is 6.54 Å². The van der Waals surface area contributed by atoms with Gasteiger partial charge < -0.3 is 5.11 Å². The predicted molar refractivity (Wildman–Crippen MR) is 64.5 cm³/mol. The Morgan fingerprint density at radius 3 is 2.88 bits per heavy atom. The predicted octanol–water partition coefficient (Wildman–Crippen LogP) is 2.59. The molecule has 4 nitrogen and oxygen atoms in total. The van der Waals surface area contributed by atoms with E-state index in [1.807, 2.05) is 25.1 Å². The number of rotatable bonds is 3. The van der Waals surface area contributed by atoms with Crippen LogP contribution >= 0.6 is 11.6 Å². The first-order valence-electron chi connectivity index (χ1n) is 5.08. The summed E-state index contributed by atoms with van der Waals surface area (Å²) in [6.07, 6.45) is 1.46. The number of benzene rings is 1. The van der Waals surface area contributed by atoms with Crippen LogP contribution in [0.25, 0.3) is 0 Å². The summed E-state index contributed by atoms with van der Waals surface area (Å²) in [4.78, 5) is 10.9. The van der Waals surface area contributed by atoms with Crippen LogP contribution in [0.5, 0.6) is 0 Å². The van der Waals surface area contributed by atoms with Gasteiger partial charge >= 0.3 is 5.97 Å². The molecule has 0 aliphatic rings. The quantitative estimate of drug-likeness (QED) is 0.911. The van der Waals surface area contributed by atoms with Gasteiger partial charge in [0.15, 0.2) is 0 Å². The first-order valence-corrected chi connectivity index (χ1v) is 5.46. The zero-order chi connectivity index (χ0) is 12.4. The Morgan fingerprint density at radius 2 is 2.24 bits per heavy atom. The first kappa shape index (κ1) is 11.7. The van der Waals surface area contributed by atoms with E-state index in [0.29, 0.717) is 11.6 Å². The molecule has 1 N–H and O–H groups in total. The fraction of sp³-hybridized carbons (Fsp3) is 0.167. The second-order valence-electron chi connectivity index (χ2n) is 3.77. The summed E-state index contributed by atoms with van der Waals surface area (Å²) in [6, 6.07) is 7.13. The molecule has 88 valence electrons. The average Bonchev–Trinajstić information content (AvgIpc) is 2.70. The largest absolute Gasteiger partial charge is 0.477 e. The van der Waals surface area contributed by atoms with Crippen molar-refractivity contribution in [2.24, 2.45) is 0 Å². The normalized spacial score (nSPS) is 10.5. The lowest BCUT2D eigenvalue weighted by molar-refractivity contribution is 0.0684. The van der Waals surface area contributed by atoms with E-state index in [9.17, 15) is 4.79 Å². The monoisotopic (exact) mass is 250 g/mol. The third kappa shape index (κ3) is 2.47. The number of carboxylic acid groups (broad SMARTS) is 1. The molecule has 0 unspecified atom stereocenters. The molecule has 1 heterocycles. The van der Waals surface area contributed by atoms with Crippen molar-refractivity contribution in [3.63, 3.8) is 0 Å². The summed E-state index contributed by atoms with van der Waals surface area (Å²) in [6.45, 7) is 2.31. The number of aromatic nitrogens is 2. The van der Waals surface area contributed by atoms with Gasteiger partial charge in [0.1, 0.15) is 5.69 Å². The molecule has 0 atom stereocenters. The number of carbonyl (C=O) groups is 1. The minimum Gasteiger partial charge on any atom is -0.477 e. The van der Waals surface area contributed by atoms with Crippen LogP contribution in [0.15, 0.2) is 30.5 Å². The summed E-state index contributed by atoms with van der Waals surface area (Å²) >= 11 is 6.09. The van der Waals surface area contributed by atoms with Gasteiger partial charge in [0.05, 0.1) is 6.54 Å². The molecule has 0 aliphatic heterocycles. The Hall–Kier alpha value is -1.81. The number of hydrogen-bond acceptors (Lipinski definition) is 2. The van der Waals surface area contributed by atoms with Crippen molar-refractivity contribution in [2.75, 3.05) is 0 Å². The Kier molecular flexibility index (Phi) is 3.15. The number of carboxylic acids is 1. The minimum absolute atomic E-state index is 0.154. The molecule has 5 heteroatoms. The highest BCUT2D eigenvalue weighted by Gasteiger charge is 2.11. The Bertz CT molecular complexity index is 563. The number of hydrogen-bond donors (Lipinski definition) is 1. The Balaban J connectivity index is 2.31. The highest BCUT2D eigenvalue weighted by Crippen LogP contribution is 2.19. The van der Waals surface area contributed by atoms with Crippen LogP contribution in [0, 0.1) is 6.92 Å². The number of aromatic carboxylic acids is 1. The van der Waals surface area contributed by atoms with Crippen molar-refractivity contribution in [3.05, 3.63) is 52.3 Å². The summed E-state index contributed by atoms with van der Waals surface area (Å²) in [7, 11) is 0. The second-order valence-corrected chi connectivity index (χ2v) is 4.18. The van der Waals surface area contributed by atoms with Crippen molar-refractivity contribution in [1.82, 2.24) is 9.78 Å². The molecule has 0 bridgehead atoms. The lowest BCUT2D eigenvalue weighted by Crippen LogP contribution is -2.11. The average molecular weight is 251 g/mol. The molecule has 0 saturated carbocycles. The fourth-order valence-corrected chi connectivity index (χ4v) is 1.88. The van der Waals surface area contributed by atoms with Crippen LogP contribution < -0.4 is 0 Å². The van der Waals surface area contributed by atoms with Gasteiger partial charge in [-0.2, -0.15) is 5.10 Å². The van der Waals surface area contributed by atoms with Crippen molar-refractivity contribution in [3.8, 4) is 0 Å². The molecule has 0 amide bonds. The second kappa shape index (κ2) is 4.59. The number of nitrogens with zero attached hydrogens (tertiary/aromatic N) is 2. The lowest BCUT2D eigenvalue weighted by atomic mass is 10.1. The zero-order valence-corrected chi connectivity index (χ0v) is 9.98. The third-order valence-electron chi connectivity index (χ3n) is 2.46. The van der Waals surface area contributed by atoms with E-state index in [2.05, 4.69) is 5.10 Å². The van der Waals surface area contributed by atoms with E-state index >= 15 is 0 Å². The van der Waals surface area contributed by atoms with E-state index in [0.717, 1.165) is 11.1 Å². The van der Waals surface area contributed by atoms with Crippen LogP contribution in [0.1, 0.15) is 21.6 Å². The van der Waals surface area contributed by atoms with Gasteiger partial charge in [0.2, 0.25) is 0 Å². The molecular weight excluding hydrogens is 240 g/mol. The molecule has 0 saturated heterocycles. The smallest absolute Gasteiger partial charge is 0.354 e. The number of aryl methyl sites for hydroxylation is 1. The van der Waals surface area contributed by atoms with Crippen LogP contribution in [0.4, 0.5) is 0 Å². The fourth-order valence-electron chi connectivity index (χ4n) is 1.58. The Labute approximate surface area is 103 Å². The first-order chi connectivity index (χ1) is 8.08. The third-order valence-corrected chi connectivity index (χ3v) is 2.82. The van der Waals surface area contributed by atoms with Crippen molar-refractivity contribution in [1.29, 1.82) is 0 Å². The van der Waals surface area contributed by atoms with Crippen molar-refractivity contribution < 1.29 is 9.90 Å². The zero-order valence-electron chi connectivity index (χ0n) is 9.22. The van der Waals surface area contributed by atoms with Gasteiger partial charge in [-0.25, -0.2) is 4.79 Å². The molecule has 17 heavy (non-hydrogen) atoms. The molecule has 0 radical (unpaired) electrons. The topological polar surface area (TPSA) is 55.1 Å². The minimum atomic E-state index is -0.995. The van der Waals surface area contributed by atoms with Gasteiger partial charge in [-0.15, -0.1) is 0 Å². The molecule has 0 fully saturated rings. The summed E-state index contributed by atoms with van der Waals surface area (Å²) < 4.78 is 1.42. The lowest BCUT2D eigenvalue weighted by Gasteiger charge is -2.07. The Morgan fingerprint density at radius 1 is 1.47 bits per heavy atom. The molecule has 1 aromatic heterocycles. The van der Waals surface area contributed by atoms with Gasteiger partial charge in [-0.1, -0.05) is 23.7 Å². The van der Waals surface area contributed by atoms with Gasteiger partial charge in [0.25, 0.3) is 0 Å². The van der Waals surface area contributed by atoms with E-state index in [1.54, 1.807) is 0 Å².